The van der Waals surface area contributed by atoms with Crippen molar-refractivity contribution in [1.29, 1.82) is 0 Å². The maximum absolute atomic E-state index is 9.51. The first-order valence-corrected chi connectivity index (χ1v) is 7.84. The van der Waals surface area contributed by atoms with E-state index in [0.29, 0.717) is 17.0 Å². The quantitative estimate of drug-likeness (QED) is 0.515. The molecule has 4 nitrogen and oxygen atoms in total. The maximum atomic E-state index is 9.51. The van der Waals surface area contributed by atoms with Crippen molar-refractivity contribution in [2.45, 2.75) is 0 Å². The van der Waals surface area contributed by atoms with E-state index >= 15 is 0 Å². The molecule has 0 radical (unpaired) electrons. The van der Waals surface area contributed by atoms with Crippen LogP contribution in [0.5, 0.6) is 11.5 Å². The molecule has 0 fully saturated rings. The Labute approximate surface area is 144 Å². The summed E-state index contributed by atoms with van der Waals surface area (Å²) in [5.74, 6) is 0.949. The van der Waals surface area contributed by atoms with Crippen LogP contribution in [0, 0.1) is 0 Å². The smallest absolute Gasteiger partial charge is 0.227 e. The van der Waals surface area contributed by atoms with Crippen molar-refractivity contribution in [3.05, 3.63) is 77.9 Å². The van der Waals surface area contributed by atoms with Crippen molar-refractivity contribution in [2.24, 2.45) is 0 Å². The zero-order valence-corrected chi connectivity index (χ0v) is 13.3. The molecular weight excluding hydrogens is 314 g/mol. The van der Waals surface area contributed by atoms with Crippen molar-refractivity contribution in [3.63, 3.8) is 0 Å². The van der Waals surface area contributed by atoms with Gasteiger partial charge in [-0.15, -0.1) is 0 Å². The second kappa shape index (κ2) is 6.17. The van der Waals surface area contributed by atoms with E-state index < -0.39 is 0 Å². The summed E-state index contributed by atoms with van der Waals surface area (Å²) in [6.07, 6.45) is 3.98. The zero-order chi connectivity index (χ0) is 17.2. The van der Waals surface area contributed by atoms with Gasteiger partial charge in [0.05, 0.1) is 0 Å². The van der Waals surface area contributed by atoms with Crippen LogP contribution in [0.1, 0.15) is 11.1 Å². The van der Waals surface area contributed by atoms with Crippen LogP contribution in [0.4, 0.5) is 0 Å². The SMILES string of the molecule is Oc1ccc(/C=C/c2ccc(-c3nc4cc(O)ccc4o3)cc2)cc1. The summed E-state index contributed by atoms with van der Waals surface area (Å²) in [6, 6.07) is 19.8. The average Bonchev–Trinajstić information content (AvgIpc) is 3.05. The zero-order valence-electron chi connectivity index (χ0n) is 13.3. The van der Waals surface area contributed by atoms with E-state index in [1.165, 1.54) is 0 Å². The topological polar surface area (TPSA) is 66.5 Å². The van der Waals surface area contributed by atoms with E-state index in [1.807, 2.05) is 48.6 Å². The Morgan fingerprint density at radius 1 is 0.720 bits per heavy atom. The Morgan fingerprint density at radius 2 is 1.32 bits per heavy atom. The van der Waals surface area contributed by atoms with Gasteiger partial charge in [-0.25, -0.2) is 4.98 Å². The van der Waals surface area contributed by atoms with E-state index in [2.05, 4.69) is 4.98 Å². The van der Waals surface area contributed by atoms with Gasteiger partial charge in [0.1, 0.15) is 17.0 Å². The van der Waals surface area contributed by atoms with Gasteiger partial charge >= 0.3 is 0 Å². The summed E-state index contributed by atoms with van der Waals surface area (Å²) in [4.78, 5) is 4.41. The lowest BCUT2D eigenvalue weighted by atomic mass is 10.1. The fourth-order valence-corrected chi connectivity index (χ4v) is 2.55. The standard InChI is InChI=1S/C21H15NO3/c23-17-9-5-15(6-10-17)2-1-14-3-7-16(8-4-14)21-22-19-13-18(24)11-12-20(19)25-21/h1-13,23-24H/b2-1+. The first-order chi connectivity index (χ1) is 12.2. The minimum atomic E-state index is 0.169. The van der Waals surface area contributed by atoms with Crippen LogP contribution in [0.25, 0.3) is 34.7 Å². The van der Waals surface area contributed by atoms with Crippen LogP contribution in [-0.4, -0.2) is 15.2 Å². The molecule has 0 unspecified atom stereocenters. The molecule has 0 bridgehead atoms. The third-order valence-electron chi connectivity index (χ3n) is 3.89. The first-order valence-electron chi connectivity index (χ1n) is 7.84. The van der Waals surface area contributed by atoms with E-state index in [1.54, 1.807) is 30.3 Å². The lowest BCUT2D eigenvalue weighted by molar-refractivity contribution is 0.475. The third kappa shape index (κ3) is 3.23. The van der Waals surface area contributed by atoms with Crippen LogP contribution in [0.15, 0.2) is 71.1 Å². The molecule has 1 heterocycles. The van der Waals surface area contributed by atoms with Crippen molar-refractivity contribution in [3.8, 4) is 23.0 Å². The van der Waals surface area contributed by atoms with Gasteiger partial charge in [0.25, 0.3) is 0 Å². The van der Waals surface area contributed by atoms with E-state index in [4.69, 9.17) is 4.42 Å². The lowest BCUT2D eigenvalue weighted by Crippen LogP contribution is -1.78. The molecule has 0 aliphatic carbocycles. The van der Waals surface area contributed by atoms with Crippen LogP contribution >= 0.6 is 0 Å². The van der Waals surface area contributed by atoms with Gasteiger partial charge in [0.2, 0.25) is 5.89 Å². The molecule has 4 aromatic rings. The molecule has 1 aromatic heterocycles. The highest BCUT2D eigenvalue weighted by Gasteiger charge is 2.08. The summed E-state index contributed by atoms with van der Waals surface area (Å²) in [5.41, 5.74) is 4.21. The predicted molar refractivity (Wildman–Crippen MR) is 98.1 cm³/mol. The first kappa shape index (κ1) is 15.0. The molecule has 0 aliphatic rings. The number of hydrogen-bond donors (Lipinski definition) is 2. The number of rotatable bonds is 3. The number of nitrogens with zero attached hydrogens (tertiary/aromatic N) is 1. The molecule has 4 rings (SSSR count). The third-order valence-corrected chi connectivity index (χ3v) is 3.89. The molecule has 0 spiro atoms. The highest BCUT2D eigenvalue weighted by Crippen LogP contribution is 2.27. The molecular formula is C21H15NO3. The van der Waals surface area contributed by atoms with Crippen molar-refractivity contribution >= 4 is 23.3 Å². The van der Waals surface area contributed by atoms with Crippen LogP contribution in [0.2, 0.25) is 0 Å². The highest BCUT2D eigenvalue weighted by atomic mass is 16.3. The maximum Gasteiger partial charge on any atom is 0.227 e. The molecule has 0 saturated heterocycles. The number of hydrogen-bond acceptors (Lipinski definition) is 4. The van der Waals surface area contributed by atoms with E-state index in [9.17, 15) is 10.2 Å². The normalized spacial score (nSPS) is 11.4. The van der Waals surface area contributed by atoms with E-state index in [0.717, 1.165) is 16.7 Å². The van der Waals surface area contributed by atoms with Gasteiger partial charge in [0, 0.05) is 11.6 Å². The molecule has 0 atom stereocenters. The number of fused-ring (bicyclic) bond motifs is 1. The summed E-state index contributed by atoms with van der Waals surface area (Å²) in [5, 5.41) is 18.8. The molecule has 2 N–H and O–H groups in total. The molecule has 0 aliphatic heterocycles. The van der Waals surface area contributed by atoms with Crippen LogP contribution < -0.4 is 0 Å². The number of aromatic nitrogens is 1. The molecule has 4 heteroatoms. The second-order valence-electron chi connectivity index (χ2n) is 5.72. The van der Waals surface area contributed by atoms with Crippen molar-refractivity contribution in [2.75, 3.05) is 0 Å². The van der Waals surface area contributed by atoms with Gasteiger partial charge in [-0.05, 0) is 47.5 Å². The largest absolute Gasteiger partial charge is 0.508 e. The summed E-state index contributed by atoms with van der Waals surface area (Å²) in [6.45, 7) is 0. The number of aromatic hydroxyl groups is 2. The van der Waals surface area contributed by atoms with Crippen LogP contribution in [-0.2, 0) is 0 Å². The number of benzene rings is 3. The predicted octanol–water partition coefficient (Wildman–Crippen LogP) is 5.08. The van der Waals surface area contributed by atoms with Crippen molar-refractivity contribution < 1.29 is 14.6 Å². The van der Waals surface area contributed by atoms with Crippen molar-refractivity contribution in [1.82, 2.24) is 4.98 Å². The van der Waals surface area contributed by atoms with Gasteiger partial charge in [-0.3, -0.25) is 0 Å². The molecule has 0 amide bonds. The molecule has 3 aromatic carbocycles. The molecule has 25 heavy (non-hydrogen) atoms. The number of phenolic OH excluding ortho intramolecular Hbond substituents is 2. The van der Waals surface area contributed by atoms with Gasteiger partial charge in [0.15, 0.2) is 5.58 Å². The summed E-state index contributed by atoms with van der Waals surface area (Å²) >= 11 is 0. The fourth-order valence-electron chi connectivity index (χ4n) is 2.55. The lowest BCUT2D eigenvalue weighted by Gasteiger charge is -1.98. The van der Waals surface area contributed by atoms with Gasteiger partial charge in [-0.2, -0.15) is 0 Å². The van der Waals surface area contributed by atoms with Crippen LogP contribution in [0.3, 0.4) is 0 Å². The second-order valence-corrected chi connectivity index (χ2v) is 5.72. The number of phenols is 2. The summed E-state index contributed by atoms with van der Waals surface area (Å²) in [7, 11) is 0. The summed E-state index contributed by atoms with van der Waals surface area (Å²) < 4.78 is 5.73. The monoisotopic (exact) mass is 329 g/mol. The Hall–Kier alpha value is -3.53. The Kier molecular flexibility index (Phi) is 3.71. The molecule has 122 valence electrons. The molecule has 0 saturated carbocycles. The number of oxazole rings is 1. The van der Waals surface area contributed by atoms with E-state index in [-0.39, 0.29) is 11.5 Å². The Balaban J connectivity index is 1.57. The minimum absolute atomic E-state index is 0.169. The fraction of sp³-hybridized carbons (Fsp3) is 0. The van der Waals surface area contributed by atoms with Gasteiger partial charge in [-0.1, -0.05) is 36.4 Å². The van der Waals surface area contributed by atoms with Gasteiger partial charge < -0.3 is 14.6 Å². The average molecular weight is 329 g/mol. The Morgan fingerprint density at radius 3 is 2.00 bits per heavy atom. The minimum Gasteiger partial charge on any atom is -0.508 e. The Bertz CT molecular complexity index is 1040. The highest BCUT2D eigenvalue weighted by molar-refractivity contribution is 5.78.